The maximum Gasteiger partial charge on any atom is 0.160 e. The number of hydrogen-bond acceptors (Lipinski definition) is 1. The Morgan fingerprint density at radius 3 is 2.23 bits per heavy atom. The first-order valence-corrected chi connectivity index (χ1v) is 8.53. The van der Waals surface area contributed by atoms with Gasteiger partial charge in [0.2, 0.25) is 0 Å². The van der Waals surface area contributed by atoms with Gasteiger partial charge in [0.15, 0.2) is 11.6 Å². The van der Waals surface area contributed by atoms with Crippen LogP contribution in [0.2, 0.25) is 0 Å². The largest absolute Gasteiger partial charge is 0.355 e. The van der Waals surface area contributed by atoms with Gasteiger partial charge in [-0.1, -0.05) is 42.5 Å². The van der Waals surface area contributed by atoms with Gasteiger partial charge in [0.05, 0.1) is 0 Å². The van der Waals surface area contributed by atoms with Crippen LogP contribution in [0.25, 0.3) is 11.1 Å². The Labute approximate surface area is 152 Å². The second-order valence-corrected chi connectivity index (χ2v) is 6.97. The molecule has 0 amide bonds. The van der Waals surface area contributed by atoms with Gasteiger partial charge in [-0.3, -0.25) is 0 Å². The fourth-order valence-corrected chi connectivity index (χ4v) is 3.77. The van der Waals surface area contributed by atoms with E-state index in [9.17, 15) is 8.78 Å². The summed E-state index contributed by atoms with van der Waals surface area (Å²) < 4.78 is 26.6. The molecule has 3 heteroatoms. The molecule has 1 aliphatic carbocycles. The highest BCUT2D eigenvalue weighted by atomic mass is 19.2. The smallest absolute Gasteiger partial charge is 0.160 e. The minimum absolute atomic E-state index is 0.280. The molecule has 3 aromatic rings. The van der Waals surface area contributed by atoms with Crippen LogP contribution in [0.3, 0.4) is 0 Å². The predicted molar refractivity (Wildman–Crippen MR) is 103 cm³/mol. The lowest BCUT2D eigenvalue weighted by atomic mass is 9.75. The number of fused-ring (bicyclic) bond motifs is 3. The molecule has 1 aliphatic rings. The maximum atomic E-state index is 13.5. The van der Waals surface area contributed by atoms with Crippen molar-refractivity contribution in [2.75, 3.05) is 5.32 Å². The van der Waals surface area contributed by atoms with Crippen molar-refractivity contribution in [2.24, 2.45) is 0 Å². The molecular weight excluding hydrogens is 328 g/mol. The zero-order chi connectivity index (χ0) is 18.5. The summed E-state index contributed by atoms with van der Waals surface area (Å²) >= 11 is 0. The summed E-state index contributed by atoms with van der Waals surface area (Å²) in [4.78, 5) is 0. The Morgan fingerprint density at radius 1 is 0.846 bits per heavy atom. The Balaban J connectivity index is 1.81. The third kappa shape index (κ3) is 2.35. The van der Waals surface area contributed by atoms with Gasteiger partial charge in [-0.2, -0.15) is 0 Å². The fraction of sp³-hybridized carbons (Fsp3) is 0.130. The van der Waals surface area contributed by atoms with Crippen LogP contribution in [0.4, 0.5) is 20.2 Å². The molecule has 1 unspecified atom stereocenters. The van der Waals surface area contributed by atoms with Gasteiger partial charge in [-0.25, -0.2) is 8.78 Å². The molecule has 0 aromatic heterocycles. The van der Waals surface area contributed by atoms with Crippen LogP contribution in [0.1, 0.15) is 25.0 Å². The standard InChI is InChI=1S/C23H19F2N/c1-14(2)23(3)19-7-5-4-6-17(19)18-10-8-15(12-20(18)23)26-16-9-11-21(24)22(25)13-16/h4-13,26H,1H2,2-3H3. The molecule has 1 atom stereocenters. The van der Waals surface area contributed by atoms with Crippen molar-refractivity contribution in [3.05, 3.63) is 95.6 Å². The van der Waals surface area contributed by atoms with Crippen LogP contribution < -0.4 is 5.32 Å². The van der Waals surface area contributed by atoms with E-state index in [1.54, 1.807) is 0 Å². The SMILES string of the molecule is C=C(C)C1(C)c2ccccc2-c2ccc(Nc3ccc(F)c(F)c3)cc21. The summed E-state index contributed by atoms with van der Waals surface area (Å²) in [5.41, 5.74) is 6.93. The number of allylic oxidation sites excluding steroid dienone is 1. The lowest BCUT2D eigenvalue weighted by Gasteiger charge is -2.28. The van der Waals surface area contributed by atoms with Gasteiger partial charge < -0.3 is 5.32 Å². The molecule has 0 fully saturated rings. The molecule has 0 saturated heterocycles. The van der Waals surface area contributed by atoms with Gasteiger partial charge in [-0.15, -0.1) is 0 Å². The second-order valence-electron chi connectivity index (χ2n) is 6.97. The van der Waals surface area contributed by atoms with Crippen molar-refractivity contribution in [1.82, 2.24) is 0 Å². The van der Waals surface area contributed by atoms with E-state index in [4.69, 9.17) is 0 Å². The fourth-order valence-electron chi connectivity index (χ4n) is 3.77. The lowest BCUT2D eigenvalue weighted by Crippen LogP contribution is -2.21. The number of halogens is 2. The first-order chi connectivity index (χ1) is 12.4. The molecule has 3 aromatic carbocycles. The molecule has 0 radical (unpaired) electrons. The van der Waals surface area contributed by atoms with E-state index in [1.807, 2.05) is 25.1 Å². The summed E-state index contributed by atoms with van der Waals surface area (Å²) in [6, 6.07) is 18.3. The van der Waals surface area contributed by atoms with Crippen molar-refractivity contribution in [2.45, 2.75) is 19.3 Å². The average Bonchev–Trinajstić information content (AvgIpc) is 2.89. The van der Waals surface area contributed by atoms with Crippen LogP contribution in [0, 0.1) is 11.6 Å². The van der Waals surface area contributed by atoms with E-state index in [2.05, 4.69) is 43.1 Å². The van der Waals surface area contributed by atoms with Crippen molar-refractivity contribution in [3.8, 4) is 11.1 Å². The molecule has 130 valence electrons. The molecule has 1 nitrogen and oxygen atoms in total. The Hall–Kier alpha value is -2.94. The van der Waals surface area contributed by atoms with Crippen LogP contribution in [0.15, 0.2) is 72.8 Å². The molecule has 0 aliphatic heterocycles. The van der Waals surface area contributed by atoms with Gasteiger partial charge in [0, 0.05) is 22.9 Å². The normalized spacial score (nSPS) is 17.5. The van der Waals surface area contributed by atoms with E-state index < -0.39 is 11.6 Å². The third-order valence-electron chi connectivity index (χ3n) is 5.38. The lowest BCUT2D eigenvalue weighted by molar-refractivity contribution is 0.509. The van der Waals surface area contributed by atoms with Gasteiger partial charge >= 0.3 is 0 Å². The zero-order valence-corrected chi connectivity index (χ0v) is 14.7. The number of rotatable bonds is 3. The number of hydrogen-bond donors (Lipinski definition) is 1. The van der Waals surface area contributed by atoms with Gasteiger partial charge in [0.25, 0.3) is 0 Å². The summed E-state index contributed by atoms with van der Waals surface area (Å²) in [6.07, 6.45) is 0. The second kappa shape index (κ2) is 5.80. The predicted octanol–water partition coefficient (Wildman–Crippen LogP) is 6.57. The Morgan fingerprint density at radius 2 is 1.50 bits per heavy atom. The first-order valence-electron chi connectivity index (χ1n) is 8.53. The van der Waals surface area contributed by atoms with Gasteiger partial charge in [0.1, 0.15) is 0 Å². The number of nitrogens with one attached hydrogen (secondary N) is 1. The molecule has 26 heavy (non-hydrogen) atoms. The van der Waals surface area contributed by atoms with Gasteiger partial charge in [-0.05, 0) is 60.4 Å². The van der Waals surface area contributed by atoms with Crippen LogP contribution in [-0.4, -0.2) is 0 Å². The molecule has 1 N–H and O–H groups in total. The Bertz CT molecular complexity index is 1040. The van der Waals surface area contributed by atoms with Crippen molar-refractivity contribution in [3.63, 3.8) is 0 Å². The molecule has 0 heterocycles. The van der Waals surface area contributed by atoms with E-state index >= 15 is 0 Å². The quantitative estimate of drug-likeness (QED) is 0.528. The molecule has 0 saturated carbocycles. The summed E-state index contributed by atoms with van der Waals surface area (Å²) in [7, 11) is 0. The molecule has 4 rings (SSSR count). The monoisotopic (exact) mass is 347 g/mol. The third-order valence-corrected chi connectivity index (χ3v) is 5.38. The average molecular weight is 347 g/mol. The highest BCUT2D eigenvalue weighted by Crippen LogP contribution is 2.52. The number of benzene rings is 3. The van der Waals surface area contributed by atoms with E-state index in [0.717, 1.165) is 23.4 Å². The van der Waals surface area contributed by atoms with E-state index in [1.165, 1.54) is 28.3 Å². The highest BCUT2D eigenvalue weighted by molar-refractivity contribution is 5.84. The van der Waals surface area contributed by atoms with E-state index in [0.29, 0.717) is 5.69 Å². The molecule has 0 bridgehead atoms. The summed E-state index contributed by atoms with van der Waals surface area (Å²) in [5, 5.41) is 3.17. The van der Waals surface area contributed by atoms with Crippen molar-refractivity contribution < 1.29 is 8.78 Å². The molecular formula is C23H19F2N. The van der Waals surface area contributed by atoms with Crippen molar-refractivity contribution in [1.29, 1.82) is 0 Å². The topological polar surface area (TPSA) is 12.0 Å². The Kier molecular flexibility index (Phi) is 3.69. The maximum absolute atomic E-state index is 13.5. The number of anilines is 2. The highest BCUT2D eigenvalue weighted by Gasteiger charge is 2.39. The summed E-state index contributed by atoms with van der Waals surface area (Å²) in [5.74, 6) is -1.72. The van der Waals surface area contributed by atoms with Crippen molar-refractivity contribution >= 4 is 11.4 Å². The van der Waals surface area contributed by atoms with E-state index in [-0.39, 0.29) is 5.41 Å². The molecule has 0 spiro atoms. The summed E-state index contributed by atoms with van der Waals surface area (Å²) in [6.45, 7) is 8.45. The first kappa shape index (κ1) is 16.5. The minimum Gasteiger partial charge on any atom is -0.355 e. The van der Waals surface area contributed by atoms with Crippen LogP contribution in [-0.2, 0) is 5.41 Å². The van der Waals surface area contributed by atoms with Crippen LogP contribution >= 0.6 is 0 Å². The zero-order valence-electron chi connectivity index (χ0n) is 14.7. The minimum atomic E-state index is -0.865. The van der Waals surface area contributed by atoms with Crippen LogP contribution in [0.5, 0.6) is 0 Å².